The van der Waals surface area contributed by atoms with E-state index in [4.69, 9.17) is 11.5 Å². The lowest BCUT2D eigenvalue weighted by atomic mass is 10.1. The Bertz CT molecular complexity index is 445. The minimum Gasteiger partial charge on any atom is -0.398 e. The Labute approximate surface area is 106 Å². The van der Waals surface area contributed by atoms with E-state index in [1.165, 1.54) is 9.80 Å². The number of urea groups is 1. The van der Waals surface area contributed by atoms with E-state index < -0.39 is 5.91 Å². The number of carbonyl (C=O) groups excluding carboxylic acids is 2. The zero-order valence-electron chi connectivity index (χ0n) is 10.6. The molecule has 1 aromatic carbocycles. The van der Waals surface area contributed by atoms with Gasteiger partial charge >= 0.3 is 6.03 Å². The number of primary amides is 1. The molecule has 6 heteroatoms. The van der Waals surface area contributed by atoms with Crippen LogP contribution in [0.5, 0.6) is 0 Å². The summed E-state index contributed by atoms with van der Waals surface area (Å²) in [7, 11) is 3.23. The zero-order chi connectivity index (χ0) is 13.7. The summed E-state index contributed by atoms with van der Waals surface area (Å²) >= 11 is 0. The minimum atomic E-state index is -0.556. The molecule has 1 aromatic rings. The molecule has 18 heavy (non-hydrogen) atoms. The molecule has 4 N–H and O–H groups in total. The van der Waals surface area contributed by atoms with Crippen LogP contribution in [-0.2, 0) is 11.3 Å². The van der Waals surface area contributed by atoms with Crippen LogP contribution in [0.15, 0.2) is 24.3 Å². The molecule has 0 aliphatic heterocycles. The lowest BCUT2D eigenvalue weighted by Gasteiger charge is -2.25. The standard InChI is InChI=1S/C12H18N4O2/c1-15(2)12(18)16(8-11(14)17)7-9-5-3-4-6-10(9)13/h3-6H,7-8,13H2,1-2H3,(H2,14,17). The highest BCUT2D eigenvalue weighted by molar-refractivity contribution is 5.82. The van der Waals surface area contributed by atoms with Gasteiger partial charge < -0.3 is 21.3 Å². The highest BCUT2D eigenvalue weighted by Crippen LogP contribution is 2.14. The van der Waals surface area contributed by atoms with Gasteiger partial charge in [-0.25, -0.2) is 4.79 Å². The van der Waals surface area contributed by atoms with Gasteiger partial charge in [0.15, 0.2) is 0 Å². The molecule has 0 fully saturated rings. The number of benzene rings is 1. The summed E-state index contributed by atoms with van der Waals surface area (Å²) < 4.78 is 0. The van der Waals surface area contributed by atoms with E-state index in [-0.39, 0.29) is 19.1 Å². The molecule has 0 spiro atoms. The molecule has 0 aliphatic rings. The summed E-state index contributed by atoms with van der Waals surface area (Å²) in [6, 6.07) is 6.92. The smallest absolute Gasteiger partial charge is 0.320 e. The highest BCUT2D eigenvalue weighted by atomic mass is 16.2. The van der Waals surface area contributed by atoms with E-state index in [2.05, 4.69) is 0 Å². The molecular formula is C12H18N4O2. The van der Waals surface area contributed by atoms with Gasteiger partial charge in [0, 0.05) is 19.8 Å². The summed E-state index contributed by atoms with van der Waals surface area (Å²) in [6.07, 6.45) is 0. The number of para-hydroxylation sites is 1. The van der Waals surface area contributed by atoms with Crippen molar-refractivity contribution < 1.29 is 9.59 Å². The number of amides is 3. The number of nitrogens with zero attached hydrogens (tertiary/aromatic N) is 2. The van der Waals surface area contributed by atoms with Crippen molar-refractivity contribution in [1.82, 2.24) is 9.80 Å². The van der Waals surface area contributed by atoms with E-state index in [9.17, 15) is 9.59 Å². The Kier molecular flexibility index (Phi) is 4.53. The van der Waals surface area contributed by atoms with Gasteiger partial charge in [0.25, 0.3) is 0 Å². The van der Waals surface area contributed by atoms with Crippen LogP contribution in [0.4, 0.5) is 10.5 Å². The second-order valence-electron chi connectivity index (χ2n) is 4.20. The summed E-state index contributed by atoms with van der Waals surface area (Å²) in [5.74, 6) is -0.556. The maximum atomic E-state index is 11.9. The molecule has 98 valence electrons. The van der Waals surface area contributed by atoms with Gasteiger partial charge in [-0.2, -0.15) is 0 Å². The van der Waals surface area contributed by atoms with Gasteiger partial charge in [0.1, 0.15) is 6.54 Å². The van der Waals surface area contributed by atoms with Crippen molar-refractivity contribution >= 4 is 17.6 Å². The summed E-state index contributed by atoms with van der Waals surface area (Å²) in [6.45, 7) is 0.123. The van der Waals surface area contributed by atoms with Gasteiger partial charge in [0.2, 0.25) is 5.91 Å². The normalized spacial score (nSPS) is 9.89. The second-order valence-corrected chi connectivity index (χ2v) is 4.20. The van der Waals surface area contributed by atoms with Crippen LogP contribution in [-0.4, -0.2) is 42.4 Å². The number of rotatable bonds is 4. The van der Waals surface area contributed by atoms with E-state index in [0.29, 0.717) is 5.69 Å². The maximum Gasteiger partial charge on any atom is 0.320 e. The molecule has 0 heterocycles. The fraction of sp³-hybridized carbons (Fsp3) is 0.333. The third-order valence-corrected chi connectivity index (χ3v) is 2.42. The highest BCUT2D eigenvalue weighted by Gasteiger charge is 2.18. The van der Waals surface area contributed by atoms with Crippen LogP contribution < -0.4 is 11.5 Å². The quantitative estimate of drug-likeness (QED) is 0.749. The van der Waals surface area contributed by atoms with Gasteiger partial charge in [-0.1, -0.05) is 18.2 Å². The number of nitrogens with two attached hydrogens (primary N) is 2. The lowest BCUT2D eigenvalue weighted by molar-refractivity contribution is -0.118. The van der Waals surface area contributed by atoms with Crippen LogP contribution >= 0.6 is 0 Å². The number of hydrogen-bond donors (Lipinski definition) is 2. The number of carbonyl (C=O) groups is 2. The van der Waals surface area contributed by atoms with Gasteiger partial charge in [0.05, 0.1) is 6.54 Å². The third kappa shape index (κ3) is 3.65. The summed E-state index contributed by atoms with van der Waals surface area (Å²) in [5.41, 5.74) is 12.3. The van der Waals surface area contributed by atoms with E-state index in [1.807, 2.05) is 18.2 Å². The van der Waals surface area contributed by atoms with E-state index in [1.54, 1.807) is 20.2 Å². The van der Waals surface area contributed by atoms with Crippen molar-refractivity contribution in [3.05, 3.63) is 29.8 Å². The van der Waals surface area contributed by atoms with E-state index in [0.717, 1.165) is 5.56 Å². The summed E-state index contributed by atoms with van der Waals surface area (Å²) in [4.78, 5) is 25.6. The molecule has 0 unspecified atom stereocenters. The van der Waals surface area contributed by atoms with Crippen LogP contribution in [0.25, 0.3) is 0 Å². The van der Waals surface area contributed by atoms with Gasteiger partial charge in [-0.15, -0.1) is 0 Å². The Hall–Kier alpha value is -2.24. The van der Waals surface area contributed by atoms with Crippen molar-refractivity contribution in [2.24, 2.45) is 5.73 Å². The monoisotopic (exact) mass is 250 g/mol. The van der Waals surface area contributed by atoms with Crippen LogP contribution in [0, 0.1) is 0 Å². The first-order chi connectivity index (χ1) is 8.41. The Balaban J connectivity index is 2.88. The zero-order valence-corrected chi connectivity index (χ0v) is 10.6. The van der Waals surface area contributed by atoms with E-state index >= 15 is 0 Å². The number of hydrogen-bond acceptors (Lipinski definition) is 3. The molecule has 0 radical (unpaired) electrons. The molecular weight excluding hydrogens is 232 g/mol. The molecule has 0 saturated heterocycles. The van der Waals surface area contributed by atoms with Crippen molar-refractivity contribution in [1.29, 1.82) is 0 Å². The van der Waals surface area contributed by atoms with Crippen LogP contribution in [0.3, 0.4) is 0 Å². The number of anilines is 1. The Morgan fingerprint density at radius 2 is 1.83 bits per heavy atom. The first-order valence-electron chi connectivity index (χ1n) is 5.49. The molecule has 6 nitrogen and oxygen atoms in total. The van der Waals surface area contributed by atoms with Gasteiger partial charge in [-0.3, -0.25) is 4.79 Å². The topological polar surface area (TPSA) is 92.7 Å². The third-order valence-electron chi connectivity index (χ3n) is 2.42. The van der Waals surface area contributed by atoms with Gasteiger partial charge in [-0.05, 0) is 11.6 Å². The SMILES string of the molecule is CN(C)C(=O)N(CC(N)=O)Cc1ccccc1N. The molecule has 0 bridgehead atoms. The molecule has 0 atom stereocenters. The van der Waals surface area contributed by atoms with Crippen LogP contribution in [0.2, 0.25) is 0 Å². The maximum absolute atomic E-state index is 11.9. The lowest BCUT2D eigenvalue weighted by Crippen LogP contribution is -2.43. The second kappa shape index (κ2) is 5.90. The van der Waals surface area contributed by atoms with Crippen molar-refractivity contribution in [3.8, 4) is 0 Å². The average Bonchev–Trinajstić information content (AvgIpc) is 2.29. The Morgan fingerprint density at radius 3 is 2.33 bits per heavy atom. The van der Waals surface area contributed by atoms with Crippen molar-refractivity contribution in [3.63, 3.8) is 0 Å². The minimum absolute atomic E-state index is 0.134. The average molecular weight is 250 g/mol. The largest absolute Gasteiger partial charge is 0.398 e. The fourth-order valence-corrected chi connectivity index (χ4v) is 1.55. The molecule has 0 aromatic heterocycles. The number of nitrogen functional groups attached to an aromatic ring is 1. The first-order valence-corrected chi connectivity index (χ1v) is 5.49. The Morgan fingerprint density at radius 1 is 1.22 bits per heavy atom. The predicted molar refractivity (Wildman–Crippen MR) is 69.5 cm³/mol. The molecule has 3 amide bonds. The van der Waals surface area contributed by atoms with Crippen LogP contribution in [0.1, 0.15) is 5.56 Å². The molecule has 0 saturated carbocycles. The van der Waals surface area contributed by atoms with Crippen molar-refractivity contribution in [2.45, 2.75) is 6.54 Å². The van der Waals surface area contributed by atoms with Crippen molar-refractivity contribution in [2.75, 3.05) is 26.4 Å². The first kappa shape index (κ1) is 13.8. The fourth-order valence-electron chi connectivity index (χ4n) is 1.55. The summed E-state index contributed by atoms with van der Waals surface area (Å²) in [5, 5.41) is 0. The molecule has 0 aliphatic carbocycles. The predicted octanol–water partition coefficient (Wildman–Crippen LogP) is 0.238. The molecule has 1 rings (SSSR count).